The van der Waals surface area contributed by atoms with Crippen LogP contribution in [0.2, 0.25) is 0 Å². The Morgan fingerprint density at radius 2 is 1.85 bits per heavy atom. The third-order valence-corrected chi connectivity index (χ3v) is 7.12. The normalized spacial score (nSPS) is 19.6. The number of piperidine rings is 1. The lowest BCUT2D eigenvalue weighted by molar-refractivity contribution is 0.217. The zero-order valence-electron chi connectivity index (χ0n) is 15.2. The number of nitrogens with zero attached hydrogens (tertiary/aromatic N) is 5. The molecule has 1 aromatic heterocycles. The third kappa shape index (κ3) is 3.90. The lowest BCUT2D eigenvalue weighted by Crippen LogP contribution is -2.32. The van der Waals surface area contributed by atoms with Crippen molar-refractivity contribution in [3.63, 3.8) is 0 Å². The van der Waals surface area contributed by atoms with Crippen LogP contribution in [0.5, 0.6) is 0 Å². The summed E-state index contributed by atoms with van der Waals surface area (Å²) in [5, 5.41) is 8.57. The maximum absolute atomic E-state index is 13.5. The molecule has 146 valence electrons. The van der Waals surface area contributed by atoms with E-state index in [4.69, 9.17) is 0 Å². The molecule has 2 aromatic rings. The van der Waals surface area contributed by atoms with Crippen molar-refractivity contribution in [3.8, 4) is 0 Å². The summed E-state index contributed by atoms with van der Waals surface area (Å²) in [4.78, 5) is 2.34. The second-order valence-electron chi connectivity index (χ2n) is 7.19. The van der Waals surface area contributed by atoms with Gasteiger partial charge in [-0.25, -0.2) is 17.5 Å². The van der Waals surface area contributed by atoms with Gasteiger partial charge in [0.15, 0.2) is 0 Å². The Labute approximate surface area is 158 Å². The highest BCUT2D eigenvalue weighted by Crippen LogP contribution is 2.24. The van der Waals surface area contributed by atoms with Crippen LogP contribution in [0.25, 0.3) is 0 Å². The van der Waals surface area contributed by atoms with Crippen LogP contribution in [0.4, 0.5) is 4.39 Å². The molecule has 3 heterocycles. The summed E-state index contributed by atoms with van der Waals surface area (Å²) in [6, 6.07) is 5.18. The fourth-order valence-electron chi connectivity index (χ4n) is 3.80. The van der Waals surface area contributed by atoms with E-state index in [0.717, 1.165) is 30.5 Å². The summed E-state index contributed by atoms with van der Waals surface area (Å²) in [6.07, 6.45) is 4.27. The Balaban J connectivity index is 1.59. The summed E-state index contributed by atoms with van der Waals surface area (Å²) >= 11 is 0. The maximum Gasteiger partial charge on any atom is 0.243 e. The van der Waals surface area contributed by atoms with Gasteiger partial charge in [-0.1, -0.05) is 17.7 Å². The summed E-state index contributed by atoms with van der Waals surface area (Å²) in [6.45, 7) is 4.01. The summed E-state index contributed by atoms with van der Waals surface area (Å²) in [5.74, 6) is -0.552. The number of benzene rings is 1. The maximum atomic E-state index is 13.5. The first-order chi connectivity index (χ1) is 13.0. The van der Waals surface area contributed by atoms with Gasteiger partial charge in [-0.2, -0.15) is 4.31 Å². The molecule has 0 unspecified atom stereocenters. The average Bonchev–Trinajstić information content (AvgIpc) is 2.89. The third-order valence-electron chi connectivity index (χ3n) is 5.28. The van der Waals surface area contributed by atoms with Crippen LogP contribution in [0.3, 0.4) is 0 Å². The van der Waals surface area contributed by atoms with Crippen molar-refractivity contribution in [1.82, 2.24) is 24.2 Å². The van der Waals surface area contributed by atoms with Crippen molar-refractivity contribution in [2.45, 2.75) is 50.2 Å². The molecule has 0 aliphatic carbocycles. The number of sulfonamides is 1. The minimum absolute atomic E-state index is 0.0130. The molecule has 9 heteroatoms. The Hall–Kier alpha value is -1.84. The SMILES string of the molecule is O=S(=O)(c1cccc(F)c1)N1CCCn2nnc(CN3CCCCC3)c2C1. The molecule has 1 fully saturated rings. The van der Waals surface area contributed by atoms with Crippen LogP contribution in [0, 0.1) is 5.82 Å². The van der Waals surface area contributed by atoms with Gasteiger partial charge in [0.05, 0.1) is 17.1 Å². The van der Waals surface area contributed by atoms with Crippen LogP contribution < -0.4 is 0 Å². The van der Waals surface area contributed by atoms with Crippen molar-refractivity contribution in [1.29, 1.82) is 0 Å². The molecule has 0 saturated carbocycles. The number of halogens is 1. The number of likely N-dealkylation sites (tertiary alicyclic amines) is 1. The van der Waals surface area contributed by atoms with Crippen LogP contribution >= 0.6 is 0 Å². The molecule has 0 spiro atoms. The molecule has 1 saturated heterocycles. The van der Waals surface area contributed by atoms with E-state index in [9.17, 15) is 12.8 Å². The zero-order valence-corrected chi connectivity index (χ0v) is 16.0. The van der Waals surface area contributed by atoms with Crippen molar-refractivity contribution in [2.24, 2.45) is 0 Å². The molecule has 0 bridgehead atoms. The van der Waals surface area contributed by atoms with Crippen molar-refractivity contribution >= 4 is 10.0 Å². The standard InChI is InChI=1S/C18H24FN5O2S/c19-15-6-4-7-16(12-15)27(25,26)23-10-5-11-24-18(14-23)17(20-21-24)13-22-8-2-1-3-9-22/h4,6-7,12H,1-3,5,8-11,13-14H2. The minimum atomic E-state index is -3.77. The van der Waals surface area contributed by atoms with Gasteiger partial charge in [0.2, 0.25) is 10.0 Å². The monoisotopic (exact) mass is 393 g/mol. The van der Waals surface area contributed by atoms with Gasteiger partial charge in [0.1, 0.15) is 11.5 Å². The predicted molar refractivity (Wildman–Crippen MR) is 97.8 cm³/mol. The van der Waals surface area contributed by atoms with Gasteiger partial charge in [-0.3, -0.25) is 4.90 Å². The molecule has 0 amide bonds. The van der Waals surface area contributed by atoms with Gasteiger partial charge in [-0.05, 0) is 50.6 Å². The van der Waals surface area contributed by atoms with Crippen molar-refractivity contribution in [2.75, 3.05) is 19.6 Å². The summed E-state index contributed by atoms with van der Waals surface area (Å²) in [5.41, 5.74) is 1.69. The first-order valence-electron chi connectivity index (χ1n) is 9.43. The quantitative estimate of drug-likeness (QED) is 0.795. The first-order valence-corrected chi connectivity index (χ1v) is 10.9. The molecular weight excluding hydrogens is 369 g/mol. The Kier molecular flexibility index (Phi) is 5.25. The minimum Gasteiger partial charge on any atom is -0.297 e. The van der Waals surface area contributed by atoms with Crippen molar-refractivity contribution in [3.05, 3.63) is 41.5 Å². The second-order valence-corrected chi connectivity index (χ2v) is 9.13. The van der Waals surface area contributed by atoms with Gasteiger partial charge in [0, 0.05) is 19.6 Å². The van der Waals surface area contributed by atoms with Crippen LogP contribution in [-0.2, 0) is 29.7 Å². The lowest BCUT2D eigenvalue weighted by atomic mass is 10.1. The largest absolute Gasteiger partial charge is 0.297 e. The molecule has 0 radical (unpaired) electrons. The Morgan fingerprint density at radius 1 is 1.04 bits per heavy atom. The highest BCUT2D eigenvalue weighted by atomic mass is 32.2. The molecule has 2 aliphatic rings. The Morgan fingerprint density at radius 3 is 2.63 bits per heavy atom. The van der Waals surface area contributed by atoms with Crippen LogP contribution in [-0.4, -0.2) is 52.3 Å². The van der Waals surface area contributed by atoms with E-state index in [-0.39, 0.29) is 11.4 Å². The van der Waals surface area contributed by atoms with Crippen LogP contribution in [0.1, 0.15) is 37.1 Å². The number of hydrogen-bond acceptors (Lipinski definition) is 5. The molecule has 4 rings (SSSR count). The molecule has 0 atom stereocenters. The van der Waals surface area contributed by atoms with Gasteiger partial charge < -0.3 is 0 Å². The van der Waals surface area contributed by atoms with Gasteiger partial charge in [0.25, 0.3) is 0 Å². The van der Waals surface area contributed by atoms with E-state index < -0.39 is 15.8 Å². The highest BCUT2D eigenvalue weighted by Gasteiger charge is 2.30. The van der Waals surface area contributed by atoms with E-state index in [2.05, 4.69) is 15.2 Å². The Bertz CT molecular complexity index is 908. The molecule has 1 aromatic carbocycles. The topological polar surface area (TPSA) is 71.3 Å². The number of rotatable bonds is 4. The first kappa shape index (κ1) is 18.5. The summed E-state index contributed by atoms with van der Waals surface area (Å²) in [7, 11) is -3.77. The van der Waals surface area contributed by atoms with E-state index in [1.165, 1.54) is 41.8 Å². The van der Waals surface area contributed by atoms with E-state index in [1.54, 1.807) is 0 Å². The lowest BCUT2D eigenvalue weighted by Gasteiger charge is -2.26. The smallest absolute Gasteiger partial charge is 0.243 e. The average molecular weight is 393 g/mol. The zero-order chi connectivity index (χ0) is 18.9. The molecular formula is C18H24FN5O2S. The van der Waals surface area contributed by atoms with E-state index in [1.807, 2.05) is 4.68 Å². The van der Waals surface area contributed by atoms with Gasteiger partial charge in [-0.15, -0.1) is 5.10 Å². The molecule has 2 aliphatic heterocycles. The second kappa shape index (κ2) is 7.65. The van der Waals surface area contributed by atoms with Gasteiger partial charge >= 0.3 is 0 Å². The van der Waals surface area contributed by atoms with Crippen LogP contribution in [0.15, 0.2) is 29.2 Å². The fraction of sp³-hybridized carbons (Fsp3) is 0.556. The highest BCUT2D eigenvalue weighted by molar-refractivity contribution is 7.89. The van der Waals surface area contributed by atoms with E-state index >= 15 is 0 Å². The van der Waals surface area contributed by atoms with Crippen molar-refractivity contribution < 1.29 is 12.8 Å². The number of aryl methyl sites for hydroxylation is 1. The molecule has 0 N–H and O–H groups in total. The molecule has 7 nitrogen and oxygen atoms in total. The van der Waals surface area contributed by atoms with E-state index in [0.29, 0.717) is 26.1 Å². The summed E-state index contributed by atoms with van der Waals surface area (Å²) < 4.78 is 42.8. The number of aromatic nitrogens is 3. The fourth-order valence-corrected chi connectivity index (χ4v) is 5.27. The number of hydrogen-bond donors (Lipinski definition) is 0. The molecule has 27 heavy (non-hydrogen) atoms. The number of fused-ring (bicyclic) bond motifs is 1. The predicted octanol–water partition coefficient (Wildman–Crippen LogP) is 2.00.